The van der Waals surface area contributed by atoms with Crippen LogP contribution in [0.2, 0.25) is 0 Å². The highest BCUT2D eigenvalue weighted by molar-refractivity contribution is 7.18. The number of nitrogens with one attached hydrogen (secondary N) is 2. The number of anilines is 1. The van der Waals surface area contributed by atoms with Crippen LogP contribution in [0, 0.1) is 11.3 Å². The Labute approximate surface area is 178 Å². The summed E-state index contributed by atoms with van der Waals surface area (Å²) in [4.78, 5) is 20.2. The standard InChI is InChI=1S/C22H22N4OS2/c23-12-15-14-6-1-3-9-18(14)28-21(15)25-20(27)13-26-11-5-8-17(26)22-24-16-7-2-4-10-19(16)29-22/h2,4,7,10,17H,1,3,5-6,8-9,11,13H2,(H,25,27)/p+1/t17-/m0/s1. The lowest BCUT2D eigenvalue weighted by Crippen LogP contribution is -3.11. The van der Waals surface area contributed by atoms with Gasteiger partial charge in [-0.05, 0) is 43.4 Å². The predicted molar refractivity (Wildman–Crippen MR) is 117 cm³/mol. The summed E-state index contributed by atoms with van der Waals surface area (Å²) in [5, 5.41) is 14.6. The van der Waals surface area contributed by atoms with Gasteiger partial charge in [0.2, 0.25) is 0 Å². The quantitative estimate of drug-likeness (QED) is 0.675. The Balaban J connectivity index is 1.31. The van der Waals surface area contributed by atoms with Gasteiger partial charge in [-0.15, -0.1) is 22.7 Å². The molecule has 0 saturated carbocycles. The van der Waals surface area contributed by atoms with Crippen LogP contribution >= 0.6 is 22.7 Å². The van der Waals surface area contributed by atoms with Gasteiger partial charge in [-0.2, -0.15) is 5.26 Å². The van der Waals surface area contributed by atoms with Gasteiger partial charge in [0.05, 0.1) is 22.3 Å². The second-order valence-electron chi connectivity index (χ2n) is 7.87. The van der Waals surface area contributed by atoms with E-state index in [2.05, 4.69) is 23.5 Å². The number of hydrogen-bond acceptors (Lipinski definition) is 5. The van der Waals surface area contributed by atoms with E-state index in [0.717, 1.165) is 54.2 Å². The molecule has 29 heavy (non-hydrogen) atoms. The van der Waals surface area contributed by atoms with Crippen LogP contribution in [0.25, 0.3) is 10.2 Å². The molecule has 0 radical (unpaired) electrons. The molecule has 1 aliphatic heterocycles. The maximum atomic E-state index is 12.8. The third-order valence-corrected chi connectivity index (χ3v) is 8.37. The molecule has 5 rings (SSSR count). The Morgan fingerprint density at radius 2 is 2.10 bits per heavy atom. The Bertz CT molecular complexity index is 1080. The molecule has 7 heteroatoms. The molecule has 2 aromatic heterocycles. The number of quaternary nitrogens is 1. The summed E-state index contributed by atoms with van der Waals surface area (Å²) in [5.41, 5.74) is 2.91. The highest BCUT2D eigenvalue weighted by Gasteiger charge is 2.34. The first-order valence-corrected chi connectivity index (χ1v) is 11.9. The van der Waals surface area contributed by atoms with Crippen LogP contribution in [0.15, 0.2) is 24.3 Å². The van der Waals surface area contributed by atoms with E-state index in [4.69, 9.17) is 4.98 Å². The number of amides is 1. The van der Waals surface area contributed by atoms with Crippen molar-refractivity contribution in [2.24, 2.45) is 0 Å². The number of aryl methyl sites for hydroxylation is 1. The Morgan fingerprint density at radius 1 is 1.24 bits per heavy atom. The van der Waals surface area contributed by atoms with E-state index in [1.165, 1.54) is 26.5 Å². The van der Waals surface area contributed by atoms with Crippen LogP contribution in [0.5, 0.6) is 0 Å². The van der Waals surface area contributed by atoms with Crippen LogP contribution in [-0.4, -0.2) is 24.0 Å². The predicted octanol–water partition coefficient (Wildman–Crippen LogP) is 3.47. The van der Waals surface area contributed by atoms with E-state index < -0.39 is 0 Å². The summed E-state index contributed by atoms with van der Waals surface area (Å²) in [7, 11) is 0. The summed E-state index contributed by atoms with van der Waals surface area (Å²) in [5.74, 6) is 0.00288. The maximum absolute atomic E-state index is 12.8. The third kappa shape index (κ3) is 3.57. The molecule has 1 aliphatic carbocycles. The summed E-state index contributed by atoms with van der Waals surface area (Å²) >= 11 is 3.35. The highest BCUT2D eigenvalue weighted by atomic mass is 32.1. The van der Waals surface area contributed by atoms with E-state index >= 15 is 0 Å². The largest absolute Gasteiger partial charge is 0.319 e. The molecule has 1 saturated heterocycles. The molecule has 5 nitrogen and oxygen atoms in total. The fraction of sp³-hybridized carbons (Fsp3) is 0.409. The van der Waals surface area contributed by atoms with Crippen molar-refractivity contribution in [1.29, 1.82) is 5.26 Å². The number of hydrogen-bond donors (Lipinski definition) is 2. The number of carbonyl (C=O) groups excluding carboxylic acids is 1. The van der Waals surface area contributed by atoms with E-state index in [1.807, 2.05) is 12.1 Å². The number of benzene rings is 1. The van der Waals surface area contributed by atoms with Gasteiger partial charge in [0.1, 0.15) is 17.1 Å². The molecule has 3 aromatic rings. The second kappa shape index (κ2) is 7.86. The molecule has 2 N–H and O–H groups in total. The molecule has 3 heterocycles. The van der Waals surface area contributed by atoms with Gasteiger partial charge in [0.25, 0.3) is 5.91 Å². The average molecular weight is 424 g/mol. The van der Waals surface area contributed by atoms with E-state index in [1.54, 1.807) is 22.7 Å². The number of thiazole rings is 1. The van der Waals surface area contributed by atoms with Gasteiger partial charge in [-0.3, -0.25) is 4.79 Å². The summed E-state index contributed by atoms with van der Waals surface area (Å²) < 4.78 is 1.21. The fourth-order valence-electron chi connectivity index (χ4n) is 4.61. The maximum Gasteiger partial charge on any atom is 0.280 e. The van der Waals surface area contributed by atoms with Crippen LogP contribution in [0.1, 0.15) is 52.7 Å². The number of likely N-dealkylation sites (tertiary alicyclic amines) is 1. The van der Waals surface area contributed by atoms with Crippen LogP contribution in [0.4, 0.5) is 5.00 Å². The number of aromatic nitrogens is 1. The SMILES string of the molecule is N#Cc1c(NC(=O)C[NH+]2CCC[C@H]2c2nc3ccccc3s2)sc2c1CCCC2. The number of carbonyl (C=O) groups is 1. The molecule has 0 bridgehead atoms. The lowest BCUT2D eigenvalue weighted by Gasteiger charge is -2.19. The number of rotatable bonds is 4. The lowest BCUT2D eigenvalue weighted by atomic mass is 9.96. The summed E-state index contributed by atoms with van der Waals surface area (Å²) in [6.07, 6.45) is 6.48. The van der Waals surface area contributed by atoms with Crippen molar-refractivity contribution in [3.63, 3.8) is 0 Å². The van der Waals surface area contributed by atoms with Crippen LogP contribution < -0.4 is 10.2 Å². The number of nitrogens with zero attached hydrogens (tertiary/aromatic N) is 2. The van der Waals surface area contributed by atoms with Crippen LogP contribution in [0.3, 0.4) is 0 Å². The normalized spacial score (nSPS) is 21.1. The average Bonchev–Trinajstić information content (AvgIpc) is 3.43. The van der Waals surface area contributed by atoms with Gasteiger partial charge in [0, 0.05) is 17.7 Å². The van der Waals surface area contributed by atoms with Crippen molar-refractivity contribution in [3.05, 3.63) is 45.3 Å². The molecule has 2 atom stereocenters. The van der Waals surface area contributed by atoms with Gasteiger partial charge >= 0.3 is 0 Å². The zero-order chi connectivity index (χ0) is 19.8. The minimum atomic E-state index is 0.00288. The minimum absolute atomic E-state index is 0.00288. The van der Waals surface area contributed by atoms with Crippen LogP contribution in [-0.2, 0) is 17.6 Å². The molecular weight excluding hydrogens is 400 g/mol. The third-order valence-electron chi connectivity index (χ3n) is 6.02. The van der Waals surface area contributed by atoms with E-state index in [0.29, 0.717) is 12.1 Å². The number of nitriles is 1. The van der Waals surface area contributed by atoms with E-state index in [-0.39, 0.29) is 11.9 Å². The Morgan fingerprint density at radius 3 is 2.97 bits per heavy atom. The molecule has 1 unspecified atom stereocenters. The number of fused-ring (bicyclic) bond motifs is 2. The molecule has 2 aliphatic rings. The molecule has 1 aromatic carbocycles. The first-order valence-electron chi connectivity index (χ1n) is 10.3. The number of thiophene rings is 1. The van der Waals surface area contributed by atoms with Gasteiger partial charge in [-0.25, -0.2) is 4.98 Å². The van der Waals surface area contributed by atoms with Crippen molar-refractivity contribution in [2.45, 2.75) is 44.6 Å². The molecule has 1 fully saturated rings. The van der Waals surface area contributed by atoms with E-state index in [9.17, 15) is 10.1 Å². The van der Waals surface area contributed by atoms with Gasteiger partial charge in [0.15, 0.2) is 11.6 Å². The Hall–Kier alpha value is -2.27. The first-order chi connectivity index (χ1) is 14.2. The van der Waals surface area contributed by atoms with Gasteiger partial charge in [-0.1, -0.05) is 12.1 Å². The number of para-hydroxylation sites is 1. The van der Waals surface area contributed by atoms with Gasteiger partial charge < -0.3 is 10.2 Å². The smallest absolute Gasteiger partial charge is 0.280 e. The molecule has 148 valence electrons. The monoisotopic (exact) mass is 423 g/mol. The molecule has 1 amide bonds. The van der Waals surface area contributed by atoms with Crippen molar-refractivity contribution in [3.8, 4) is 6.07 Å². The second-order valence-corrected chi connectivity index (χ2v) is 10.0. The molecule has 0 spiro atoms. The van der Waals surface area contributed by atoms with Crippen molar-refractivity contribution in [1.82, 2.24) is 4.98 Å². The lowest BCUT2D eigenvalue weighted by molar-refractivity contribution is -0.910. The zero-order valence-corrected chi connectivity index (χ0v) is 17.8. The zero-order valence-electron chi connectivity index (χ0n) is 16.2. The topological polar surface area (TPSA) is 70.2 Å². The van der Waals surface area contributed by atoms with Crippen molar-refractivity contribution >= 4 is 43.8 Å². The summed E-state index contributed by atoms with van der Waals surface area (Å²) in [6, 6.07) is 10.8. The first kappa shape index (κ1) is 18.7. The summed E-state index contributed by atoms with van der Waals surface area (Å²) in [6.45, 7) is 1.41. The minimum Gasteiger partial charge on any atom is -0.319 e. The fourth-order valence-corrected chi connectivity index (χ4v) is 7.03. The Kier molecular flexibility index (Phi) is 5.08. The van der Waals surface area contributed by atoms with Crippen molar-refractivity contribution < 1.29 is 9.69 Å². The highest BCUT2D eigenvalue weighted by Crippen LogP contribution is 2.37. The molecular formula is C22H23N4OS2+. The van der Waals surface area contributed by atoms with Crippen molar-refractivity contribution in [2.75, 3.05) is 18.4 Å².